The maximum absolute atomic E-state index is 12.5. The number of likely N-dealkylation sites (tertiary alicyclic amines) is 2. The highest BCUT2D eigenvalue weighted by Crippen LogP contribution is 2.40. The van der Waals surface area contributed by atoms with Crippen molar-refractivity contribution >= 4 is 11.8 Å². The fourth-order valence-corrected chi connectivity index (χ4v) is 4.02. The van der Waals surface area contributed by atoms with Crippen molar-refractivity contribution in [2.45, 2.75) is 38.5 Å². The summed E-state index contributed by atoms with van der Waals surface area (Å²) in [5.41, 5.74) is 1.30. The van der Waals surface area contributed by atoms with E-state index in [2.05, 4.69) is 11.6 Å². The Morgan fingerprint density at radius 3 is 2.80 bits per heavy atom. The molecule has 5 nitrogen and oxygen atoms in total. The number of aryl methyl sites for hydroxylation is 1. The van der Waals surface area contributed by atoms with Crippen LogP contribution in [0.4, 0.5) is 0 Å². The van der Waals surface area contributed by atoms with Gasteiger partial charge >= 0.3 is 0 Å². The molecular formula is C20H27N3O2. The molecule has 2 aliphatic rings. The summed E-state index contributed by atoms with van der Waals surface area (Å²) in [5, 5.41) is 0. The Labute approximate surface area is 149 Å². The molecule has 2 fully saturated rings. The predicted octanol–water partition coefficient (Wildman–Crippen LogP) is 2.43. The Hall–Kier alpha value is -2.17. The van der Waals surface area contributed by atoms with Gasteiger partial charge in [-0.1, -0.05) is 12.1 Å². The molecule has 0 N–H and O–H groups in total. The Bertz CT molecular complexity index is 621. The summed E-state index contributed by atoms with van der Waals surface area (Å²) in [4.78, 5) is 32.5. The third-order valence-electron chi connectivity index (χ3n) is 5.62. The Kier molecular flexibility index (Phi) is 5.51. The monoisotopic (exact) mass is 341 g/mol. The highest BCUT2D eigenvalue weighted by molar-refractivity contribution is 5.78. The zero-order chi connectivity index (χ0) is 17.7. The van der Waals surface area contributed by atoms with Gasteiger partial charge in [0.2, 0.25) is 11.8 Å². The average Bonchev–Trinajstić information content (AvgIpc) is 2.65. The predicted molar refractivity (Wildman–Crippen MR) is 96.8 cm³/mol. The van der Waals surface area contributed by atoms with Crippen molar-refractivity contribution in [2.24, 2.45) is 5.41 Å². The van der Waals surface area contributed by atoms with Gasteiger partial charge in [0.15, 0.2) is 0 Å². The molecule has 5 heteroatoms. The van der Waals surface area contributed by atoms with Crippen molar-refractivity contribution in [1.82, 2.24) is 14.8 Å². The van der Waals surface area contributed by atoms with Gasteiger partial charge in [0.1, 0.15) is 0 Å². The Balaban J connectivity index is 1.50. The van der Waals surface area contributed by atoms with E-state index < -0.39 is 0 Å². The number of carbonyl (C=O) groups excluding carboxylic acids is 2. The molecule has 1 spiro atoms. The first-order valence-electron chi connectivity index (χ1n) is 9.17. The van der Waals surface area contributed by atoms with Crippen molar-refractivity contribution in [1.29, 1.82) is 0 Å². The maximum Gasteiger partial charge on any atom is 0.222 e. The van der Waals surface area contributed by atoms with Gasteiger partial charge in [-0.2, -0.15) is 0 Å². The van der Waals surface area contributed by atoms with Gasteiger partial charge < -0.3 is 9.80 Å². The largest absolute Gasteiger partial charge is 0.343 e. The molecule has 2 aliphatic heterocycles. The lowest BCUT2D eigenvalue weighted by Crippen LogP contribution is -2.52. The molecule has 0 aromatic carbocycles. The molecule has 3 rings (SSSR count). The molecule has 0 radical (unpaired) electrons. The van der Waals surface area contributed by atoms with Gasteiger partial charge in [-0.3, -0.25) is 14.6 Å². The second kappa shape index (κ2) is 7.81. The van der Waals surface area contributed by atoms with Crippen LogP contribution in [0.3, 0.4) is 0 Å². The molecule has 0 bridgehead atoms. The number of hydrogen-bond donors (Lipinski definition) is 0. The molecule has 25 heavy (non-hydrogen) atoms. The topological polar surface area (TPSA) is 53.5 Å². The van der Waals surface area contributed by atoms with Crippen LogP contribution in [0.5, 0.6) is 0 Å². The lowest BCUT2D eigenvalue weighted by molar-refractivity contribution is -0.141. The van der Waals surface area contributed by atoms with Crippen LogP contribution in [0.15, 0.2) is 37.2 Å². The zero-order valence-electron chi connectivity index (χ0n) is 14.8. The van der Waals surface area contributed by atoms with Gasteiger partial charge in [0.25, 0.3) is 0 Å². The van der Waals surface area contributed by atoms with Crippen molar-refractivity contribution in [3.8, 4) is 0 Å². The summed E-state index contributed by atoms with van der Waals surface area (Å²) in [7, 11) is 0. The van der Waals surface area contributed by atoms with Gasteiger partial charge in [-0.15, -0.1) is 6.58 Å². The van der Waals surface area contributed by atoms with Gasteiger partial charge in [0.05, 0.1) is 0 Å². The molecule has 134 valence electrons. The minimum atomic E-state index is 0.192. The molecular weight excluding hydrogens is 314 g/mol. The fraction of sp³-hybridized carbons (Fsp3) is 0.550. The number of amides is 2. The average molecular weight is 341 g/mol. The van der Waals surface area contributed by atoms with E-state index in [-0.39, 0.29) is 17.2 Å². The lowest BCUT2D eigenvalue weighted by atomic mass is 9.72. The standard InChI is InChI=1S/C20H27N3O2/c1-2-12-23-16-20(8-7-19(23)25)9-13-22(14-10-20)18(24)6-5-17-4-3-11-21-15-17/h2-4,11,15H,1,5-10,12-14,16H2. The number of nitrogens with zero attached hydrogens (tertiary/aromatic N) is 3. The number of aromatic nitrogens is 1. The van der Waals surface area contributed by atoms with Crippen molar-refractivity contribution in [3.05, 3.63) is 42.7 Å². The Morgan fingerprint density at radius 1 is 1.32 bits per heavy atom. The van der Waals surface area contributed by atoms with Crippen LogP contribution in [-0.2, 0) is 16.0 Å². The summed E-state index contributed by atoms with van der Waals surface area (Å²) < 4.78 is 0. The van der Waals surface area contributed by atoms with Crippen LogP contribution >= 0.6 is 0 Å². The fourth-order valence-electron chi connectivity index (χ4n) is 4.02. The smallest absolute Gasteiger partial charge is 0.222 e. The summed E-state index contributed by atoms with van der Waals surface area (Å²) in [6.07, 6.45) is 10.2. The minimum Gasteiger partial charge on any atom is -0.343 e. The number of pyridine rings is 1. The second-order valence-electron chi connectivity index (χ2n) is 7.30. The van der Waals surface area contributed by atoms with Crippen LogP contribution in [-0.4, -0.2) is 52.8 Å². The normalized spacial score (nSPS) is 19.9. The van der Waals surface area contributed by atoms with Crippen LogP contribution in [0.2, 0.25) is 0 Å². The van der Waals surface area contributed by atoms with E-state index in [9.17, 15) is 9.59 Å². The van der Waals surface area contributed by atoms with E-state index in [1.807, 2.05) is 28.1 Å². The lowest BCUT2D eigenvalue weighted by Gasteiger charge is -2.47. The van der Waals surface area contributed by atoms with Crippen LogP contribution < -0.4 is 0 Å². The van der Waals surface area contributed by atoms with Crippen molar-refractivity contribution in [3.63, 3.8) is 0 Å². The Morgan fingerprint density at radius 2 is 2.12 bits per heavy atom. The van der Waals surface area contributed by atoms with E-state index in [1.54, 1.807) is 12.3 Å². The second-order valence-corrected chi connectivity index (χ2v) is 7.30. The van der Waals surface area contributed by atoms with Gasteiger partial charge in [0, 0.05) is 51.4 Å². The van der Waals surface area contributed by atoms with E-state index in [0.717, 1.165) is 50.9 Å². The van der Waals surface area contributed by atoms with Gasteiger partial charge in [-0.05, 0) is 42.7 Å². The first kappa shape index (κ1) is 17.6. The highest BCUT2D eigenvalue weighted by atomic mass is 16.2. The first-order valence-corrected chi connectivity index (χ1v) is 9.17. The van der Waals surface area contributed by atoms with Crippen LogP contribution in [0.1, 0.15) is 37.7 Å². The molecule has 0 aliphatic carbocycles. The van der Waals surface area contributed by atoms with E-state index in [0.29, 0.717) is 19.4 Å². The quantitative estimate of drug-likeness (QED) is 0.773. The minimum absolute atomic E-state index is 0.192. The summed E-state index contributed by atoms with van der Waals surface area (Å²) in [6.45, 7) is 6.82. The summed E-state index contributed by atoms with van der Waals surface area (Å²) in [6, 6.07) is 3.92. The number of piperidine rings is 2. The third-order valence-corrected chi connectivity index (χ3v) is 5.62. The summed E-state index contributed by atoms with van der Waals surface area (Å²) >= 11 is 0. The number of carbonyl (C=O) groups is 2. The van der Waals surface area contributed by atoms with Crippen molar-refractivity contribution < 1.29 is 9.59 Å². The highest BCUT2D eigenvalue weighted by Gasteiger charge is 2.41. The van der Waals surface area contributed by atoms with Crippen molar-refractivity contribution in [2.75, 3.05) is 26.2 Å². The zero-order valence-corrected chi connectivity index (χ0v) is 14.8. The molecule has 1 aromatic heterocycles. The van der Waals surface area contributed by atoms with E-state index in [1.165, 1.54) is 0 Å². The molecule has 0 unspecified atom stereocenters. The summed E-state index contributed by atoms with van der Waals surface area (Å²) in [5.74, 6) is 0.467. The molecule has 2 amide bonds. The molecule has 0 saturated carbocycles. The molecule has 0 atom stereocenters. The molecule has 1 aromatic rings. The van der Waals surface area contributed by atoms with Crippen LogP contribution in [0.25, 0.3) is 0 Å². The third kappa shape index (κ3) is 4.27. The first-order chi connectivity index (χ1) is 12.1. The number of rotatable bonds is 5. The van der Waals surface area contributed by atoms with Crippen LogP contribution in [0, 0.1) is 5.41 Å². The maximum atomic E-state index is 12.5. The molecule has 2 saturated heterocycles. The van der Waals surface area contributed by atoms with E-state index in [4.69, 9.17) is 0 Å². The SMILES string of the molecule is C=CCN1CC2(CCC1=O)CCN(C(=O)CCc1cccnc1)CC2. The molecule has 3 heterocycles. The number of hydrogen-bond acceptors (Lipinski definition) is 3. The van der Waals surface area contributed by atoms with E-state index >= 15 is 0 Å². The van der Waals surface area contributed by atoms with Gasteiger partial charge in [-0.25, -0.2) is 0 Å².